The van der Waals surface area contributed by atoms with Crippen LogP contribution in [0.5, 0.6) is 0 Å². The average molecular weight is 216 g/mol. The molecule has 0 bridgehead atoms. The highest BCUT2D eigenvalue weighted by Crippen LogP contribution is 2.47. The molecule has 2 N–H and O–H groups in total. The van der Waals surface area contributed by atoms with E-state index in [2.05, 4.69) is 21.5 Å². The monoisotopic (exact) mass is 216 g/mol. The molecular formula is C12H16N4. The Bertz CT molecular complexity index is 551. The zero-order valence-corrected chi connectivity index (χ0v) is 9.70. The summed E-state index contributed by atoms with van der Waals surface area (Å²) in [6, 6.07) is 3.96. The maximum Gasteiger partial charge on any atom is 0.202 e. The lowest BCUT2D eigenvalue weighted by atomic mass is 10.1. The van der Waals surface area contributed by atoms with Crippen molar-refractivity contribution in [3.05, 3.63) is 17.8 Å². The molecule has 1 aliphatic carbocycles. The van der Waals surface area contributed by atoms with Crippen molar-refractivity contribution in [3.8, 4) is 0 Å². The van der Waals surface area contributed by atoms with Gasteiger partial charge >= 0.3 is 0 Å². The minimum Gasteiger partial charge on any atom is -0.369 e. The molecule has 2 heterocycles. The van der Waals surface area contributed by atoms with Crippen LogP contribution in [-0.4, -0.2) is 14.5 Å². The van der Waals surface area contributed by atoms with E-state index in [1.54, 1.807) is 0 Å². The van der Waals surface area contributed by atoms with Gasteiger partial charge in [-0.1, -0.05) is 6.92 Å². The minimum absolute atomic E-state index is 0.410. The molecule has 0 saturated heterocycles. The van der Waals surface area contributed by atoms with E-state index in [4.69, 9.17) is 5.73 Å². The number of anilines is 1. The summed E-state index contributed by atoms with van der Waals surface area (Å²) < 4.78 is 2.05. The Labute approximate surface area is 94.5 Å². The largest absolute Gasteiger partial charge is 0.369 e. The molecule has 2 aromatic heterocycles. The fraction of sp³-hybridized carbons (Fsp3) is 0.500. The Morgan fingerprint density at radius 2 is 2.12 bits per heavy atom. The third-order valence-corrected chi connectivity index (χ3v) is 3.40. The number of nitrogens with zero attached hydrogens (tertiary/aromatic N) is 3. The molecule has 0 atom stereocenters. The molecule has 2 aromatic rings. The van der Waals surface area contributed by atoms with Gasteiger partial charge in [-0.05, 0) is 37.3 Å². The molecule has 84 valence electrons. The number of nitrogens with two attached hydrogens (primary N) is 1. The van der Waals surface area contributed by atoms with Gasteiger partial charge in [-0.25, -0.2) is 9.97 Å². The lowest BCUT2D eigenvalue weighted by Gasteiger charge is -2.11. The second kappa shape index (κ2) is 2.97. The average Bonchev–Trinajstić information content (AvgIpc) is 2.88. The number of rotatable bonds is 2. The van der Waals surface area contributed by atoms with Crippen molar-refractivity contribution in [2.24, 2.45) is 5.41 Å². The Balaban J connectivity index is 2.14. The van der Waals surface area contributed by atoms with E-state index in [0.717, 1.165) is 23.4 Å². The van der Waals surface area contributed by atoms with Gasteiger partial charge in [-0.15, -0.1) is 0 Å². The van der Waals surface area contributed by atoms with Gasteiger partial charge in [0.25, 0.3) is 0 Å². The van der Waals surface area contributed by atoms with E-state index < -0.39 is 0 Å². The van der Waals surface area contributed by atoms with Crippen LogP contribution in [0.2, 0.25) is 0 Å². The number of imidazole rings is 1. The number of fused-ring (bicyclic) bond motifs is 1. The molecule has 4 heteroatoms. The van der Waals surface area contributed by atoms with Gasteiger partial charge in [0, 0.05) is 12.2 Å². The van der Waals surface area contributed by atoms with Gasteiger partial charge in [0.1, 0.15) is 5.52 Å². The number of pyridine rings is 1. The highest BCUT2D eigenvalue weighted by atomic mass is 15.2. The summed E-state index contributed by atoms with van der Waals surface area (Å²) in [6.45, 7) is 5.21. The number of aryl methyl sites for hydroxylation is 1. The highest BCUT2D eigenvalue weighted by Gasteiger charge is 2.38. The summed E-state index contributed by atoms with van der Waals surface area (Å²) in [4.78, 5) is 8.87. The third-order valence-electron chi connectivity index (χ3n) is 3.40. The van der Waals surface area contributed by atoms with Gasteiger partial charge in [0.05, 0.1) is 0 Å². The molecule has 0 radical (unpaired) electrons. The van der Waals surface area contributed by atoms with Crippen LogP contribution in [-0.2, 0) is 6.54 Å². The van der Waals surface area contributed by atoms with Crippen LogP contribution in [0, 0.1) is 12.3 Å². The summed E-state index contributed by atoms with van der Waals surface area (Å²) in [6.07, 6.45) is 2.55. The normalized spacial score (nSPS) is 17.9. The number of nitrogen functional groups attached to an aromatic ring is 1. The first-order valence-electron chi connectivity index (χ1n) is 5.67. The first-order valence-corrected chi connectivity index (χ1v) is 5.67. The SMILES string of the molecule is Cc1ccc2nc(N)n(CC3(C)CC3)c2n1. The van der Waals surface area contributed by atoms with Crippen LogP contribution in [0.4, 0.5) is 5.95 Å². The zero-order chi connectivity index (χ0) is 11.3. The predicted molar refractivity (Wildman–Crippen MR) is 64.0 cm³/mol. The third kappa shape index (κ3) is 1.45. The van der Waals surface area contributed by atoms with Crippen molar-refractivity contribution in [2.45, 2.75) is 33.2 Å². The van der Waals surface area contributed by atoms with Crippen molar-refractivity contribution < 1.29 is 0 Å². The smallest absolute Gasteiger partial charge is 0.202 e. The topological polar surface area (TPSA) is 56.7 Å². The molecule has 0 aliphatic heterocycles. The minimum atomic E-state index is 0.410. The maximum absolute atomic E-state index is 5.95. The fourth-order valence-electron chi connectivity index (χ4n) is 2.02. The quantitative estimate of drug-likeness (QED) is 0.836. The molecule has 4 nitrogen and oxygen atoms in total. The van der Waals surface area contributed by atoms with E-state index in [0.29, 0.717) is 11.4 Å². The second-order valence-electron chi connectivity index (χ2n) is 5.16. The van der Waals surface area contributed by atoms with E-state index in [1.165, 1.54) is 12.8 Å². The summed E-state index contributed by atoms with van der Waals surface area (Å²) in [7, 11) is 0. The lowest BCUT2D eigenvalue weighted by molar-refractivity contribution is 0.475. The molecule has 1 saturated carbocycles. The van der Waals surface area contributed by atoms with Crippen molar-refractivity contribution >= 4 is 17.1 Å². The van der Waals surface area contributed by atoms with Gasteiger partial charge in [0.2, 0.25) is 5.95 Å². The summed E-state index contributed by atoms with van der Waals surface area (Å²) >= 11 is 0. The van der Waals surface area contributed by atoms with Crippen LogP contribution in [0.25, 0.3) is 11.2 Å². The first kappa shape index (κ1) is 9.63. The second-order valence-corrected chi connectivity index (χ2v) is 5.16. The molecule has 0 amide bonds. The Kier molecular flexibility index (Phi) is 1.79. The van der Waals surface area contributed by atoms with Crippen LogP contribution in [0.1, 0.15) is 25.5 Å². The van der Waals surface area contributed by atoms with E-state index in [1.807, 2.05) is 19.1 Å². The molecule has 3 rings (SSSR count). The molecule has 1 aliphatic rings. The molecule has 1 fully saturated rings. The number of hydrogen-bond donors (Lipinski definition) is 1. The van der Waals surface area contributed by atoms with Gasteiger partial charge in [-0.3, -0.25) is 4.57 Å². The molecule has 16 heavy (non-hydrogen) atoms. The van der Waals surface area contributed by atoms with Gasteiger partial charge in [-0.2, -0.15) is 0 Å². The standard InChI is InChI=1S/C12H16N4/c1-8-3-4-9-10(14-8)16(11(13)15-9)7-12(2)5-6-12/h3-4H,5-7H2,1-2H3,(H2,13,15). The Morgan fingerprint density at radius 1 is 1.38 bits per heavy atom. The highest BCUT2D eigenvalue weighted by molar-refractivity contribution is 5.74. The number of aromatic nitrogens is 3. The van der Waals surface area contributed by atoms with Crippen molar-refractivity contribution in [1.29, 1.82) is 0 Å². The van der Waals surface area contributed by atoms with Crippen molar-refractivity contribution in [3.63, 3.8) is 0 Å². The summed E-state index contributed by atoms with van der Waals surface area (Å²) in [5.41, 5.74) is 9.19. The van der Waals surface area contributed by atoms with Crippen LogP contribution in [0.15, 0.2) is 12.1 Å². The summed E-state index contributed by atoms with van der Waals surface area (Å²) in [5.74, 6) is 0.584. The zero-order valence-electron chi connectivity index (χ0n) is 9.70. The van der Waals surface area contributed by atoms with Gasteiger partial charge in [0.15, 0.2) is 5.65 Å². The van der Waals surface area contributed by atoms with E-state index >= 15 is 0 Å². The Morgan fingerprint density at radius 3 is 2.81 bits per heavy atom. The molecule has 0 aromatic carbocycles. The van der Waals surface area contributed by atoms with Crippen LogP contribution < -0.4 is 5.73 Å². The van der Waals surface area contributed by atoms with Gasteiger partial charge < -0.3 is 5.73 Å². The van der Waals surface area contributed by atoms with E-state index in [-0.39, 0.29) is 0 Å². The molecule has 0 spiro atoms. The van der Waals surface area contributed by atoms with E-state index in [9.17, 15) is 0 Å². The molecular weight excluding hydrogens is 200 g/mol. The van der Waals surface area contributed by atoms with Crippen LogP contribution >= 0.6 is 0 Å². The predicted octanol–water partition coefficient (Wildman–Crippen LogP) is 2.12. The lowest BCUT2D eigenvalue weighted by Crippen LogP contribution is -2.11. The van der Waals surface area contributed by atoms with Crippen molar-refractivity contribution in [1.82, 2.24) is 14.5 Å². The number of hydrogen-bond acceptors (Lipinski definition) is 3. The maximum atomic E-state index is 5.95. The Hall–Kier alpha value is -1.58. The fourth-order valence-corrected chi connectivity index (χ4v) is 2.02. The first-order chi connectivity index (χ1) is 7.57. The summed E-state index contributed by atoms with van der Waals surface area (Å²) in [5, 5.41) is 0. The van der Waals surface area contributed by atoms with Crippen LogP contribution in [0.3, 0.4) is 0 Å². The molecule has 0 unspecified atom stereocenters. The van der Waals surface area contributed by atoms with Crippen molar-refractivity contribution in [2.75, 3.05) is 5.73 Å².